The average molecular weight is 390 g/mol. The zero-order valence-corrected chi connectivity index (χ0v) is 14.0. The van der Waals surface area contributed by atoms with E-state index in [2.05, 4.69) is 15.5 Å². The number of amides is 1. The van der Waals surface area contributed by atoms with Crippen molar-refractivity contribution in [1.82, 2.24) is 10.2 Å². The van der Waals surface area contributed by atoms with E-state index in [9.17, 15) is 18.0 Å². The predicted molar refractivity (Wildman–Crippen MR) is 87.6 cm³/mol. The molecule has 3 rings (SSSR count). The minimum Gasteiger partial charge on any atom is -0.296 e. The lowest BCUT2D eigenvalue weighted by Gasteiger charge is -1.99. The van der Waals surface area contributed by atoms with Crippen molar-refractivity contribution < 1.29 is 18.0 Å². The van der Waals surface area contributed by atoms with Crippen molar-refractivity contribution >= 4 is 45.3 Å². The van der Waals surface area contributed by atoms with E-state index in [1.807, 2.05) is 12.1 Å². The van der Waals surface area contributed by atoms with Crippen molar-refractivity contribution in [1.29, 1.82) is 0 Å². The molecule has 24 heavy (non-hydrogen) atoms. The standard InChI is InChI=1S/C14H7ClF3N3OS2/c15-8-3-1-7(2-4-8)9-5-6-10(23-9)11(22)19-13-21-20-12(24-13)14(16,17)18/h1-6H,(H,19,21,22). The van der Waals surface area contributed by atoms with Crippen molar-refractivity contribution in [3.8, 4) is 10.4 Å². The molecule has 1 N–H and O–H groups in total. The lowest BCUT2D eigenvalue weighted by molar-refractivity contribution is -0.138. The van der Waals surface area contributed by atoms with E-state index < -0.39 is 17.1 Å². The Morgan fingerprint density at radius 1 is 1.04 bits per heavy atom. The SMILES string of the molecule is O=C(Nc1nnc(C(F)(F)F)s1)c1ccc(-c2ccc(Cl)cc2)s1. The molecule has 0 atom stereocenters. The molecule has 4 nitrogen and oxygen atoms in total. The first-order valence-corrected chi connectivity index (χ1v) is 8.42. The molecule has 10 heteroatoms. The highest BCUT2D eigenvalue weighted by molar-refractivity contribution is 7.18. The summed E-state index contributed by atoms with van der Waals surface area (Å²) in [6, 6.07) is 10.4. The maximum Gasteiger partial charge on any atom is 0.445 e. The van der Waals surface area contributed by atoms with Crippen LogP contribution in [-0.2, 0) is 6.18 Å². The Hall–Kier alpha value is -1.97. The average Bonchev–Trinajstić information content (AvgIpc) is 3.16. The topological polar surface area (TPSA) is 54.9 Å². The van der Waals surface area contributed by atoms with Gasteiger partial charge in [0.1, 0.15) is 0 Å². The molecular weight excluding hydrogens is 383 g/mol. The number of carbonyl (C=O) groups is 1. The Morgan fingerprint density at radius 2 is 1.75 bits per heavy atom. The normalized spacial score (nSPS) is 11.5. The Bertz CT molecular complexity index is 874. The Balaban J connectivity index is 1.74. The van der Waals surface area contributed by atoms with Crippen LogP contribution in [0.15, 0.2) is 36.4 Å². The molecule has 124 valence electrons. The van der Waals surface area contributed by atoms with E-state index in [1.165, 1.54) is 11.3 Å². The molecule has 2 aromatic heterocycles. The maximum absolute atomic E-state index is 12.5. The van der Waals surface area contributed by atoms with Gasteiger partial charge < -0.3 is 0 Å². The minimum absolute atomic E-state index is 0.200. The molecule has 0 fully saturated rings. The van der Waals surface area contributed by atoms with Gasteiger partial charge in [-0.15, -0.1) is 21.5 Å². The van der Waals surface area contributed by atoms with Crippen LogP contribution in [0, 0.1) is 0 Å². The number of nitrogens with one attached hydrogen (secondary N) is 1. The number of anilines is 1. The molecule has 0 aliphatic carbocycles. The van der Waals surface area contributed by atoms with Gasteiger partial charge in [0.25, 0.3) is 5.91 Å². The molecule has 0 bridgehead atoms. The largest absolute Gasteiger partial charge is 0.445 e. The lowest BCUT2D eigenvalue weighted by atomic mass is 10.2. The molecule has 0 aliphatic rings. The second kappa shape index (κ2) is 6.50. The van der Waals surface area contributed by atoms with E-state index >= 15 is 0 Å². The van der Waals surface area contributed by atoms with Crippen molar-refractivity contribution in [2.24, 2.45) is 0 Å². The van der Waals surface area contributed by atoms with Gasteiger partial charge >= 0.3 is 6.18 Å². The van der Waals surface area contributed by atoms with Gasteiger partial charge in [-0.25, -0.2) is 0 Å². The van der Waals surface area contributed by atoms with Crippen molar-refractivity contribution in [3.05, 3.63) is 51.3 Å². The van der Waals surface area contributed by atoms with Crippen LogP contribution < -0.4 is 5.32 Å². The lowest BCUT2D eigenvalue weighted by Crippen LogP contribution is -2.09. The molecule has 0 aliphatic heterocycles. The summed E-state index contributed by atoms with van der Waals surface area (Å²) < 4.78 is 37.4. The van der Waals surface area contributed by atoms with Gasteiger partial charge in [0, 0.05) is 9.90 Å². The third kappa shape index (κ3) is 3.74. The number of carbonyl (C=O) groups excluding carboxylic acids is 1. The molecule has 0 saturated heterocycles. The van der Waals surface area contributed by atoms with E-state index in [0.717, 1.165) is 10.4 Å². The van der Waals surface area contributed by atoms with Gasteiger partial charge in [0.05, 0.1) is 4.88 Å². The number of hydrogen-bond acceptors (Lipinski definition) is 5. The maximum atomic E-state index is 12.5. The smallest absolute Gasteiger partial charge is 0.296 e. The summed E-state index contributed by atoms with van der Waals surface area (Å²) in [5.41, 5.74) is 0.888. The number of benzene rings is 1. The molecule has 1 amide bonds. The second-order valence-electron chi connectivity index (χ2n) is 4.54. The van der Waals surface area contributed by atoms with Crippen LogP contribution in [-0.4, -0.2) is 16.1 Å². The summed E-state index contributed by atoms with van der Waals surface area (Å²) in [7, 11) is 0. The van der Waals surface area contributed by atoms with Crippen LogP contribution in [0.2, 0.25) is 5.02 Å². The third-order valence-electron chi connectivity index (χ3n) is 2.85. The summed E-state index contributed by atoms with van der Waals surface area (Å²) in [5, 5.41) is 7.96. The van der Waals surface area contributed by atoms with Crippen molar-refractivity contribution in [3.63, 3.8) is 0 Å². The van der Waals surface area contributed by atoms with Gasteiger partial charge in [-0.3, -0.25) is 10.1 Å². The monoisotopic (exact) mass is 389 g/mol. The van der Waals surface area contributed by atoms with E-state index in [-0.39, 0.29) is 16.5 Å². The Labute approximate surface area is 146 Å². The molecule has 2 heterocycles. The number of hydrogen-bond donors (Lipinski definition) is 1. The fourth-order valence-electron chi connectivity index (χ4n) is 1.78. The van der Waals surface area contributed by atoms with Gasteiger partial charge in [-0.1, -0.05) is 35.1 Å². The molecule has 3 aromatic rings. The van der Waals surface area contributed by atoms with Crippen molar-refractivity contribution in [2.75, 3.05) is 5.32 Å². The van der Waals surface area contributed by atoms with E-state index in [1.54, 1.807) is 24.3 Å². The fraction of sp³-hybridized carbons (Fsp3) is 0.0714. The third-order valence-corrected chi connectivity index (χ3v) is 5.12. The zero-order valence-electron chi connectivity index (χ0n) is 11.6. The molecule has 0 radical (unpaired) electrons. The number of halogens is 4. The predicted octanol–water partition coefficient (Wildman–Crippen LogP) is 5.19. The number of rotatable bonds is 3. The van der Waals surface area contributed by atoms with E-state index in [4.69, 9.17) is 11.6 Å². The summed E-state index contributed by atoms with van der Waals surface area (Å²) in [6.07, 6.45) is -4.58. The number of alkyl halides is 3. The number of aromatic nitrogens is 2. The molecule has 0 saturated carbocycles. The highest BCUT2D eigenvalue weighted by Crippen LogP contribution is 2.34. The van der Waals surface area contributed by atoms with E-state index in [0.29, 0.717) is 9.90 Å². The van der Waals surface area contributed by atoms with Gasteiger partial charge in [0.2, 0.25) is 10.1 Å². The molecule has 0 spiro atoms. The number of nitrogens with zero attached hydrogens (tertiary/aromatic N) is 2. The van der Waals surface area contributed by atoms with Crippen LogP contribution in [0.3, 0.4) is 0 Å². The Morgan fingerprint density at radius 3 is 2.38 bits per heavy atom. The van der Waals surface area contributed by atoms with Gasteiger partial charge in [-0.2, -0.15) is 13.2 Å². The minimum atomic E-state index is -4.58. The van der Waals surface area contributed by atoms with Gasteiger partial charge in [0.15, 0.2) is 0 Å². The number of thiophene rings is 1. The Kier molecular flexibility index (Phi) is 4.57. The first kappa shape index (κ1) is 16.9. The quantitative estimate of drug-likeness (QED) is 0.670. The van der Waals surface area contributed by atoms with Crippen LogP contribution >= 0.6 is 34.3 Å². The zero-order chi connectivity index (χ0) is 17.3. The highest BCUT2D eigenvalue weighted by Gasteiger charge is 2.35. The van der Waals surface area contributed by atoms with Crippen LogP contribution in [0.1, 0.15) is 14.7 Å². The fourth-order valence-corrected chi connectivity index (χ4v) is 3.41. The molecule has 0 unspecified atom stereocenters. The van der Waals surface area contributed by atoms with Crippen LogP contribution in [0.25, 0.3) is 10.4 Å². The first-order valence-electron chi connectivity index (χ1n) is 6.41. The molecular formula is C14H7ClF3N3OS2. The summed E-state index contributed by atoms with van der Waals surface area (Å²) in [6.45, 7) is 0. The van der Waals surface area contributed by atoms with Gasteiger partial charge in [-0.05, 0) is 29.8 Å². The summed E-state index contributed by atoms with van der Waals surface area (Å²) in [5.74, 6) is -0.537. The summed E-state index contributed by atoms with van der Waals surface area (Å²) in [4.78, 5) is 13.3. The highest BCUT2D eigenvalue weighted by atomic mass is 35.5. The summed E-state index contributed by atoms with van der Waals surface area (Å²) >= 11 is 7.32. The molecule has 1 aromatic carbocycles. The van der Waals surface area contributed by atoms with Crippen LogP contribution in [0.5, 0.6) is 0 Å². The first-order chi connectivity index (χ1) is 11.3. The second-order valence-corrected chi connectivity index (χ2v) is 7.03. The van der Waals surface area contributed by atoms with Crippen molar-refractivity contribution in [2.45, 2.75) is 6.18 Å². The van der Waals surface area contributed by atoms with Crippen LogP contribution in [0.4, 0.5) is 18.3 Å².